The molecular formula is C28H36O5. The van der Waals surface area contributed by atoms with Gasteiger partial charge in [-0.25, -0.2) is 4.79 Å². The largest absolute Gasteiger partial charge is 0.494 e. The highest BCUT2D eigenvalue weighted by Gasteiger charge is 2.14. The Bertz CT molecular complexity index is 885. The van der Waals surface area contributed by atoms with E-state index in [1.807, 2.05) is 0 Å². The maximum absolute atomic E-state index is 12.8. The number of ether oxygens (including phenoxy) is 2. The summed E-state index contributed by atoms with van der Waals surface area (Å²) in [5, 5.41) is 0. The molecule has 0 fully saturated rings. The van der Waals surface area contributed by atoms with Gasteiger partial charge in [-0.3, -0.25) is 9.59 Å². The van der Waals surface area contributed by atoms with Gasteiger partial charge in [0.2, 0.25) is 0 Å². The van der Waals surface area contributed by atoms with E-state index in [0.717, 1.165) is 19.1 Å². The van der Waals surface area contributed by atoms with Gasteiger partial charge in [0.25, 0.3) is 0 Å². The molecule has 0 aromatic heterocycles. The molecular weight excluding hydrogens is 416 g/mol. The van der Waals surface area contributed by atoms with E-state index in [0.29, 0.717) is 17.7 Å². The number of ketones is 1. The number of hydrogen-bond donors (Lipinski definition) is 0. The molecule has 178 valence electrons. The highest BCUT2D eigenvalue weighted by Crippen LogP contribution is 2.18. The molecule has 0 spiro atoms. The van der Waals surface area contributed by atoms with Crippen LogP contribution >= 0.6 is 0 Å². The summed E-state index contributed by atoms with van der Waals surface area (Å²) in [4.78, 5) is 35.6. The van der Waals surface area contributed by atoms with Crippen LogP contribution in [0.3, 0.4) is 0 Å². The third-order valence-corrected chi connectivity index (χ3v) is 5.48. The molecule has 0 atom stereocenters. The van der Waals surface area contributed by atoms with Crippen LogP contribution in [-0.2, 0) is 9.53 Å². The lowest BCUT2D eigenvalue weighted by molar-refractivity contribution is -0.135. The molecule has 0 aliphatic rings. The van der Waals surface area contributed by atoms with Crippen LogP contribution in [0.1, 0.15) is 104 Å². The molecule has 0 saturated carbocycles. The summed E-state index contributed by atoms with van der Waals surface area (Å²) in [5.74, 6) is -0.937. The highest BCUT2D eigenvalue weighted by atomic mass is 16.6. The molecule has 0 radical (unpaired) electrons. The molecule has 0 unspecified atom stereocenters. The van der Waals surface area contributed by atoms with E-state index in [-0.39, 0.29) is 11.3 Å². The fourth-order valence-corrected chi connectivity index (χ4v) is 3.63. The number of unbranched alkanes of at least 4 members (excludes halogenated alkanes) is 9. The first-order valence-electron chi connectivity index (χ1n) is 12.1. The van der Waals surface area contributed by atoms with Crippen molar-refractivity contribution in [3.8, 4) is 5.75 Å². The Morgan fingerprint density at radius 2 is 1.27 bits per heavy atom. The zero-order chi connectivity index (χ0) is 23.9. The molecule has 0 aliphatic carbocycles. The number of carbonyl (C=O) groups excluding carboxylic acids is 3. The van der Waals surface area contributed by atoms with Crippen LogP contribution in [0.2, 0.25) is 0 Å². The molecule has 0 amide bonds. The van der Waals surface area contributed by atoms with Gasteiger partial charge in [0.05, 0.1) is 12.2 Å². The fraction of sp³-hybridized carbons (Fsp3) is 0.464. The second kappa shape index (κ2) is 15.0. The zero-order valence-electron chi connectivity index (χ0n) is 19.9. The van der Waals surface area contributed by atoms with Gasteiger partial charge in [0, 0.05) is 18.1 Å². The topological polar surface area (TPSA) is 69.7 Å². The van der Waals surface area contributed by atoms with E-state index >= 15 is 0 Å². The molecule has 5 nitrogen and oxygen atoms in total. The van der Waals surface area contributed by atoms with E-state index in [1.54, 1.807) is 36.4 Å². The van der Waals surface area contributed by atoms with Crippen LogP contribution in [0.15, 0.2) is 48.5 Å². The average Bonchev–Trinajstić information content (AvgIpc) is 2.82. The van der Waals surface area contributed by atoms with Gasteiger partial charge >= 0.3 is 11.9 Å². The fourth-order valence-electron chi connectivity index (χ4n) is 3.63. The first-order valence-corrected chi connectivity index (χ1v) is 12.1. The number of carbonyl (C=O) groups is 3. The summed E-state index contributed by atoms with van der Waals surface area (Å²) in [7, 11) is 0. The van der Waals surface area contributed by atoms with Gasteiger partial charge < -0.3 is 9.47 Å². The minimum Gasteiger partial charge on any atom is -0.494 e. The van der Waals surface area contributed by atoms with Crippen molar-refractivity contribution in [1.82, 2.24) is 0 Å². The summed E-state index contributed by atoms with van der Waals surface area (Å²) in [6.07, 6.45) is 12.8. The normalized spacial score (nSPS) is 10.6. The van der Waals surface area contributed by atoms with E-state index in [1.165, 1.54) is 69.9 Å². The number of rotatable bonds is 15. The van der Waals surface area contributed by atoms with Crippen molar-refractivity contribution in [2.45, 2.75) is 78.1 Å². The van der Waals surface area contributed by atoms with Crippen molar-refractivity contribution < 1.29 is 23.9 Å². The minimum atomic E-state index is -0.770. The SMILES string of the molecule is CCCCCCCCCCCCOc1ccc(C(=O)c2cccc(C(=O)OC(C)=O)c2)cc1. The predicted octanol–water partition coefficient (Wildman–Crippen LogP) is 6.92. The molecule has 0 heterocycles. The molecule has 2 rings (SSSR count). The molecule has 0 bridgehead atoms. The highest BCUT2D eigenvalue weighted by molar-refractivity contribution is 6.10. The first-order chi connectivity index (χ1) is 16.0. The van der Waals surface area contributed by atoms with E-state index in [9.17, 15) is 14.4 Å². The molecule has 0 N–H and O–H groups in total. The number of hydrogen-bond acceptors (Lipinski definition) is 5. The standard InChI is InChI=1S/C28H36O5/c1-3-4-5-6-7-8-9-10-11-12-20-32-26-18-16-23(17-19-26)27(30)24-14-13-15-25(21-24)28(31)33-22(2)29/h13-19,21H,3-12,20H2,1-2H3. The summed E-state index contributed by atoms with van der Waals surface area (Å²) in [6, 6.07) is 13.2. The van der Waals surface area contributed by atoms with Crippen LogP contribution in [-0.4, -0.2) is 24.3 Å². The van der Waals surface area contributed by atoms with Gasteiger partial charge in [-0.1, -0.05) is 76.8 Å². The second-order valence-electron chi connectivity index (χ2n) is 8.35. The number of benzene rings is 2. The maximum atomic E-state index is 12.8. The molecule has 33 heavy (non-hydrogen) atoms. The monoisotopic (exact) mass is 452 g/mol. The predicted molar refractivity (Wildman–Crippen MR) is 130 cm³/mol. The lowest BCUT2D eigenvalue weighted by atomic mass is 10.0. The van der Waals surface area contributed by atoms with Crippen LogP contribution in [0.4, 0.5) is 0 Å². The molecule has 5 heteroatoms. The van der Waals surface area contributed by atoms with Crippen molar-refractivity contribution in [2.75, 3.05) is 6.61 Å². The zero-order valence-corrected chi connectivity index (χ0v) is 19.9. The smallest absolute Gasteiger partial charge is 0.345 e. The summed E-state index contributed by atoms with van der Waals surface area (Å²) < 4.78 is 10.4. The van der Waals surface area contributed by atoms with Crippen molar-refractivity contribution in [3.63, 3.8) is 0 Å². The van der Waals surface area contributed by atoms with Crippen molar-refractivity contribution >= 4 is 17.7 Å². The first kappa shape index (κ1) is 26.3. The van der Waals surface area contributed by atoms with E-state index < -0.39 is 11.9 Å². The Morgan fingerprint density at radius 3 is 1.88 bits per heavy atom. The summed E-state index contributed by atoms with van der Waals surface area (Å²) in [5.41, 5.74) is 1.01. The summed E-state index contributed by atoms with van der Waals surface area (Å²) in [6.45, 7) is 4.08. The Morgan fingerprint density at radius 1 is 0.697 bits per heavy atom. The Balaban J connectivity index is 1.72. The number of esters is 2. The minimum absolute atomic E-state index is 0.160. The summed E-state index contributed by atoms with van der Waals surface area (Å²) >= 11 is 0. The third-order valence-electron chi connectivity index (χ3n) is 5.48. The molecule has 0 saturated heterocycles. The molecule has 2 aromatic rings. The Hall–Kier alpha value is -2.95. The third kappa shape index (κ3) is 10.0. The van der Waals surface area contributed by atoms with Crippen molar-refractivity contribution in [2.24, 2.45) is 0 Å². The van der Waals surface area contributed by atoms with Crippen molar-refractivity contribution in [1.29, 1.82) is 0 Å². The molecule has 0 aliphatic heterocycles. The quantitative estimate of drug-likeness (QED) is 0.127. The van der Waals surface area contributed by atoms with E-state index in [4.69, 9.17) is 4.74 Å². The maximum Gasteiger partial charge on any atom is 0.345 e. The van der Waals surface area contributed by atoms with Crippen LogP contribution in [0.25, 0.3) is 0 Å². The van der Waals surface area contributed by atoms with Gasteiger partial charge in [-0.2, -0.15) is 0 Å². The van der Waals surface area contributed by atoms with Gasteiger partial charge in [-0.05, 0) is 42.8 Å². The van der Waals surface area contributed by atoms with Crippen molar-refractivity contribution in [3.05, 3.63) is 65.2 Å². The van der Waals surface area contributed by atoms with Crippen LogP contribution in [0.5, 0.6) is 5.75 Å². The lowest BCUT2D eigenvalue weighted by Crippen LogP contribution is -2.10. The lowest BCUT2D eigenvalue weighted by Gasteiger charge is -2.08. The van der Waals surface area contributed by atoms with Crippen LogP contribution in [0, 0.1) is 0 Å². The Kier molecular flexibility index (Phi) is 11.9. The Labute approximate surface area is 197 Å². The van der Waals surface area contributed by atoms with Crippen LogP contribution < -0.4 is 4.74 Å². The second-order valence-corrected chi connectivity index (χ2v) is 8.35. The van der Waals surface area contributed by atoms with Gasteiger partial charge in [0.1, 0.15) is 5.75 Å². The van der Waals surface area contributed by atoms with Gasteiger partial charge in [0.15, 0.2) is 5.78 Å². The molecule has 2 aromatic carbocycles. The average molecular weight is 453 g/mol. The van der Waals surface area contributed by atoms with Gasteiger partial charge in [-0.15, -0.1) is 0 Å². The van der Waals surface area contributed by atoms with E-state index in [2.05, 4.69) is 11.7 Å².